The van der Waals surface area contributed by atoms with Crippen molar-refractivity contribution in [3.05, 3.63) is 72.9 Å². The first-order chi connectivity index (χ1) is 10.4. The van der Waals surface area contributed by atoms with E-state index in [2.05, 4.69) is 44.1 Å². The summed E-state index contributed by atoms with van der Waals surface area (Å²) in [6, 6.07) is 22.4. The maximum atomic E-state index is 4.21. The van der Waals surface area contributed by atoms with Gasteiger partial charge in [-0.1, -0.05) is 30.3 Å². The molecule has 0 saturated heterocycles. The van der Waals surface area contributed by atoms with Gasteiger partial charge in [0.15, 0.2) is 0 Å². The van der Waals surface area contributed by atoms with Crippen molar-refractivity contribution in [3.8, 4) is 0 Å². The fraction of sp³-hybridized carbons (Fsp3) is 0. The molecule has 4 nitrogen and oxygen atoms in total. The third-order valence-electron chi connectivity index (χ3n) is 3.47. The molecule has 0 aliphatic carbocycles. The molecule has 1 aromatic heterocycles. The second kappa shape index (κ2) is 6.30. The Morgan fingerprint density at radius 1 is 0.727 bits per heavy atom. The quantitative estimate of drug-likeness (QED) is 0.547. The fourth-order valence-electron chi connectivity index (χ4n) is 2.51. The van der Waals surface area contributed by atoms with Gasteiger partial charge in [-0.05, 0) is 36.4 Å². The summed E-state index contributed by atoms with van der Waals surface area (Å²) in [7, 11) is 2.05. The smallest absolute Gasteiger partial charge is 0.367 e. The second-order valence-corrected chi connectivity index (χ2v) is 4.76. The molecule has 3 aromatic rings. The zero-order chi connectivity index (χ0) is 14.1. The van der Waals surface area contributed by atoms with Crippen LogP contribution in [0.2, 0.25) is 0 Å². The van der Waals surface area contributed by atoms with Crippen LogP contribution < -0.4 is 9.62 Å². The van der Waals surface area contributed by atoms with E-state index in [-0.39, 0.29) is 20.1 Å². The standard InChI is InChI=1S/C16H12BN4.Ir/c1-2-7-13(8-3-1)20-14-9-4-5-10-15(14)21(17-20)16-11-6-12-18-19-16;/h1-12H;. The molecule has 2 aromatic carbocycles. The Kier molecular flexibility index (Phi) is 4.23. The Labute approximate surface area is 143 Å². The summed E-state index contributed by atoms with van der Waals surface area (Å²) in [6.07, 6.45) is 1.68. The van der Waals surface area contributed by atoms with E-state index in [4.69, 9.17) is 0 Å². The van der Waals surface area contributed by atoms with Crippen molar-refractivity contribution in [3.63, 3.8) is 0 Å². The molecule has 0 amide bonds. The monoisotopic (exact) mass is 464 g/mol. The number of aromatic nitrogens is 2. The molecular formula is C16H12BIrN4. The van der Waals surface area contributed by atoms with Gasteiger partial charge in [0.1, 0.15) is 5.82 Å². The summed E-state index contributed by atoms with van der Waals surface area (Å²) in [5.41, 5.74) is 3.35. The molecule has 0 N–H and O–H groups in total. The van der Waals surface area contributed by atoms with Crippen molar-refractivity contribution in [2.75, 3.05) is 9.62 Å². The van der Waals surface area contributed by atoms with Gasteiger partial charge in [-0.15, -0.1) is 5.10 Å². The molecule has 4 rings (SSSR count). The molecule has 0 bridgehead atoms. The maximum Gasteiger partial charge on any atom is 0.402 e. The van der Waals surface area contributed by atoms with Crippen LogP contribution in [0.25, 0.3) is 0 Å². The van der Waals surface area contributed by atoms with Crippen LogP contribution in [0, 0.1) is 0 Å². The number of hydrogen-bond acceptors (Lipinski definition) is 4. The van der Waals surface area contributed by atoms with Crippen LogP contribution in [0.4, 0.5) is 22.9 Å². The molecule has 2 radical (unpaired) electrons. The van der Waals surface area contributed by atoms with Gasteiger partial charge in [0.05, 0.1) is 11.4 Å². The van der Waals surface area contributed by atoms with Gasteiger partial charge in [0, 0.05) is 32.0 Å². The van der Waals surface area contributed by atoms with Crippen molar-refractivity contribution in [2.24, 2.45) is 0 Å². The zero-order valence-electron chi connectivity index (χ0n) is 11.6. The van der Waals surface area contributed by atoms with Gasteiger partial charge in [0.2, 0.25) is 0 Å². The van der Waals surface area contributed by atoms with Crippen LogP contribution in [-0.4, -0.2) is 17.7 Å². The molecule has 22 heavy (non-hydrogen) atoms. The van der Waals surface area contributed by atoms with Crippen LogP contribution in [0.15, 0.2) is 72.9 Å². The number of fused-ring (bicyclic) bond motifs is 1. The first-order valence-corrected chi connectivity index (χ1v) is 6.79. The predicted molar refractivity (Wildman–Crippen MR) is 84.9 cm³/mol. The van der Waals surface area contributed by atoms with Crippen molar-refractivity contribution in [2.45, 2.75) is 0 Å². The zero-order valence-corrected chi connectivity index (χ0v) is 14.0. The number of hydrogen-bond donors (Lipinski definition) is 0. The Morgan fingerprint density at radius 2 is 1.41 bits per heavy atom. The van der Waals surface area contributed by atoms with Gasteiger partial charge in [-0.3, -0.25) is 0 Å². The summed E-state index contributed by atoms with van der Waals surface area (Å²) in [5, 5.41) is 8.18. The van der Waals surface area contributed by atoms with Crippen LogP contribution in [0.3, 0.4) is 0 Å². The Bertz CT molecular complexity index is 690. The summed E-state index contributed by atoms with van der Waals surface area (Å²) in [5.74, 6) is 0.809. The van der Waals surface area contributed by atoms with E-state index in [1.165, 1.54) is 0 Å². The first-order valence-electron chi connectivity index (χ1n) is 6.79. The predicted octanol–water partition coefficient (Wildman–Crippen LogP) is 3.30. The number of anilines is 4. The van der Waals surface area contributed by atoms with E-state index < -0.39 is 0 Å². The molecular weight excluding hydrogens is 451 g/mol. The topological polar surface area (TPSA) is 32.3 Å². The van der Waals surface area contributed by atoms with E-state index in [0.29, 0.717) is 0 Å². The second-order valence-electron chi connectivity index (χ2n) is 4.76. The number of benzene rings is 2. The van der Waals surface area contributed by atoms with E-state index in [1.807, 2.05) is 50.0 Å². The summed E-state index contributed by atoms with van der Waals surface area (Å²) >= 11 is 0. The number of para-hydroxylation sites is 3. The molecule has 6 heteroatoms. The van der Waals surface area contributed by atoms with Gasteiger partial charge < -0.3 is 9.62 Å². The van der Waals surface area contributed by atoms with Gasteiger partial charge >= 0.3 is 7.55 Å². The van der Waals surface area contributed by atoms with E-state index in [0.717, 1.165) is 22.9 Å². The average Bonchev–Trinajstić information content (AvgIpc) is 2.96. The Hall–Kier alpha value is -2.17. The van der Waals surface area contributed by atoms with Crippen molar-refractivity contribution in [1.29, 1.82) is 0 Å². The number of nitrogens with zero attached hydrogens (tertiary/aromatic N) is 4. The minimum absolute atomic E-state index is 0. The Balaban J connectivity index is 0.00000144. The molecule has 1 aliphatic rings. The van der Waals surface area contributed by atoms with Gasteiger partial charge in [0.25, 0.3) is 0 Å². The van der Waals surface area contributed by atoms with Crippen molar-refractivity contribution < 1.29 is 20.1 Å². The molecule has 0 atom stereocenters. The van der Waals surface area contributed by atoms with Crippen LogP contribution in [0.1, 0.15) is 0 Å². The first kappa shape index (κ1) is 14.8. The molecule has 0 spiro atoms. The third-order valence-corrected chi connectivity index (χ3v) is 3.47. The minimum atomic E-state index is 0. The minimum Gasteiger partial charge on any atom is -0.367 e. The van der Waals surface area contributed by atoms with E-state index in [9.17, 15) is 0 Å². The summed E-state index contributed by atoms with van der Waals surface area (Å²) < 4.78 is 0. The molecule has 2 heterocycles. The largest absolute Gasteiger partial charge is 0.402 e. The summed E-state index contributed by atoms with van der Waals surface area (Å²) in [6.45, 7) is 0. The molecule has 1 aliphatic heterocycles. The van der Waals surface area contributed by atoms with Crippen molar-refractivity contribution >= 4 is 30.4 Å². The molecule has 0 fully saturated rings. The molecule has 0 saturated carbocycles. The Morgan fingerprint density at radius 3 is 2.09 bits per heavy atom. The van der Waals surface area contributed by atoms with E-state index >= 15 is 0 Å². The maximum absolute atomic E-state index is 4.21. The average molecular weight is 463 g/mol. The van der Waals surface area contributed by atoms with E-state index in [1.54, 1.807) is 6.20 Å². The third kappa shape index (κ3) is 2.51. The molecule has 0 unspecified atom stereocenters. The molecule has 108 valence electrons. The van der Waals surface area contributed by atoms with Gasteiger partial charge in [-0.2, -0.15) is 5.10 Å². The van der Waals surface area contributed by atoms with Crippen molar-refractivity contribution in [1.82, 2.24) is 10.2 Å². The van der Waals surface area contributed by atoms with Crippen LogP contribution in [0.5, 0.6) is 0 Å². The number of rotatable bonds is 2. The van der Waals surface area contributed by atoms with Crippen LogP contribution in [-0.2, 0) is 20.1 Å². The normalized spacial score (nSPS) is 12.4. The van der Waals surface area contributed by atoms with Gasteiger partial charge in [-0.25, -0.2) is 0 Å². The SMILES string of the molecule is [B]1N(c2ccccc2)c2ccccc2N1c1cccnn1.[Ir]. The van der Waals surface area contributed by atoms with Crippen LogP contribution >= 0.6 is 0 Å². The summed E-state index contributed by atoms with van der Waals surface area (Å²) in [4.78, 5) is 4.21. The fourth-order valence-corrected chi connectivity index (χ4v) is 2.51.